The molecule has 1 heterocycles. The summed E-state index contributed by atoms with van der Waals surface area (Å²) >= 11 is 1.75. The van der Waals surface area contributed by atoms with Crippen LogP contribution in [0.15, 0.2) is 53.9 Å². The topological polar surface area (TPSA) is 38.0 Å². The maximum atomic E-state index is 13.7. The van der Waals surface area contributed by atoms with Crippen molar-refractivity contribution in [1.29, 1.82) is 0 Å². The highest BCUT2D eigenvalue weighted by molar-refractivity contribution is 7.17. The lowest BCUT2D eigenvalue weighted by atomic mass is 10.0. The SMILES string of the molecule is NCC(Cc1csc2ccccc12)NCc1ccccc1F. The van der Waals surface area contributed by atoms with E-state index < -0.39 is 0 Å². The standard InChI is InChI=1S/C18H19FN2S/c19-17-7-3-1-5-13(17)11-21-15(10-20)9-14-12-22-18-8-4-2-6-16(14)18/h1-8,12,15,21H,9-11,20H2. The molecule has 0 aliphatic heterocycles. The first-order chi connectivity index (χ1) is 10.8. The molecule has 0 fully saturated rings. The van der Waals surface area contributed by atoms with Crippen LogP contribution in [0.3, 0.4) is 0 Å². The molecule has 0 bridgehead atoms. The van der Waals surface area contributed by atoms with Crippen LogP contribution in [-0.2, 0) is 13.0 Å². The van der Waals surface area contributed by atoms with E-state index in [0.29, 0.717) is 18.7 Å². The molecule has 0 spiro atoms. The molecule has 1 unspecified atom stereocenters. The maximum Gasteiger partial charge on any atom is 0.127 e. The van der Waals surface area contributed by atoms with Gasteiger partial charge in [0.2, 0.25) is 0 Å². The van der Waals surface area contributed by atoms with E-state index in [2.05, 4.69) is 35.0 Å². The van der Waals surface area contributed by atoms with Crippen molar-refractivity contribution in [2.24, 2.45) is 5.73 Å². The largest absolute Gasteiger partial charge is 0.329 e. The van der Waals surface area contributed by atoms with E-state index in [4.69, 9.17) is 5.73 Å². The van der Waals surface area contributed by atoms with Gasteiger partial charge in [0.25, 0.3) is 0 Å². The molecule has 22 heavy (non-hydrogen) atoms. The van der Waals surface area contributed by atoms with E-state index in [0.717, 1.165) is 6.42 Å². The first-order valence-electron chi connectivity index (χ1n) is 7.40. The van der Waals surface area contributed by atoms with Gasteiger partial charge in [-0.2, -0.15) is 0 Å². The van der Waals surface area contributed by atoms with E-state index in [1.165, 1.54) is 21.7 Å². The van der Waals surface area contributed by atoms with Gasteiger partial charge in [0.1, 0.15) is 5.82 Å². The lowest BCUT2D eigenvalue weighted by Gasteiger charge is -2.17. The van der Waals surface area contributed by atoms with Crippen LogP contribution >= 0.6 is 11.3 Å². The predicted octanol–water partition coefficient (Wildman–Crippen LogP) is 3.70. The highest BCUT2D eigenvalue weighted by Crippen LogP contribution is 2.26. The summed E-state index contributed by atoms with van der Waals surface area (Å²) in [5, 5.41) is 6.85. The quantitative estimate of drug-likeness (QED) is 0.728. The first kappa shape index (κ1) is 15.2. The second-order valence-corrected chi connectivity index (χ2v) is 6.28. The van der Waals surface area contributed by atoms with E-state index >= 15 is 0 Å². The van der Waals surface area contributed by atoms with Crippen LogP contribution in [0.4, 0.5) is 4.39 Å². The van der Waals surface area contributed by atoms with Crippen molar-refractivity contribution >= 4 is 21.4 Å². The molecule has 1 aromatic heterocycles. The highest BCUT2D eigenvalue weighted by atomic mass is 32.1. The molecule has 3 N–H and O–H groups in total. The summed E-state index contributed by atoms with van der Waals surface area (Å²) in [5.74, 6) is -0.174. The molecule has 3 rings (SSSR count). The Balaban J connectivity index is 1.68. The van der Waals surface area contributed by atoms with E-state index in [1.54, 1.807) is 23.5 Å². The number of nitrogens with two attached hydrogens (primary N) is 1. The third-order valence-electron chi connectivity index (χ3n) is 3.85. The fourth-order valence-corrected chi connectivity index (χ4v) is 3.57. The van der Waals surface area contributed by atoms with Crippen molar-refractivity contribution in [2.45, 2.75) is 19.0 Å². The number of fused-ring (bicyclic) bond motifs is 1. The predicted molar refractivity (Wildman–Crippen MR) is 91.6 cm³/mol. The van der Waals surface area contributed by atoms with Crippen molar-refractivity contribution in [1.82, 2.24) is 5.32 Å². The molecule has 3 aromatic rings. The van der Waals surface area contributed by atoms with Gasteiger partial charge in [0.05, 0.1) is 0 Å². The van der Waals surface area contributed by atoms with Crippen LogP contribution in [0.2, 0.25) is 0 Å². The maximum absolute atomic E-state index is 13.7. The molecule has 0 amide bonds. The van der Waals surface area contributed by atoms with Gasteiger partial charge in [0.15, 0.2) is 0 Å². The summed E-state index contributed by atoms with van der Waals surface area (Å²) in [5.41, 5.74) is 7.86. The third kappa shape index (κ3) is 3.35. The number of nitrogens with one attached hydrogen (secondary N) is 1. The second-order valence-electron chi connectivity index (χ2n) is 5.37. The summed E-state index contributed by atoms with van der Waals surface area (Å²) in [6.07, 6.45) is 0.856. The van der Waals surface area contributed by atoms with Crippen molar-refractivity contribution < 1.29 is 4.39 Å². The molecule has 0 saturated carbocycles. The minimum Gasteiger partial charge on any atom is -0.329 e. The molecule has 114 valence electrons. The minimum absolute atomic E-state index is 0.137. The van der Waals surface area contributed by atoms with E-state index in [9.17, 15) is 4.39 Å². The lowest BCUT2D eigenvalue weighted by molar-refractivity contribution is 0.503. The van der Waals surface area contributed by atoms with Gasteiger partial charge < -0.3 is 11.1 Å². The van der Waals surface area contributed by atoms with E-state index in [-0.39, 0.29) is 11.9 Å². The van der Waals surface area contributed by atoms with Crippen molar-refractivity contribution in [3.8, 4) is 0 Å². The zero-order valence-corrected chi connectivity index (χ0v) is 13.1. The molecule has 1 atom stereocenters. The molecular formula is C18H19FN2S. The molecule has 2 aromatic carbocycles. The van der Waals surface area contributed by atoms with Gasteiger partial charge in [0, 0.05) is 29.4 Å². The van der Waals surface area contributed by atoms with Crippen molar-refractivity contribution in [3.05, 3.63) is 70.9 Å². The number of rotatable bonds is 6. The van der Waals surface area contributed by atoms with Crippen LogP contribution in [0, 0.1) is 5.82 Å². The lowest BCUT2D eigenvalue weighted by Crippen LogP contribution is -2.37. The zero-order chi connectivity index (χ0) is 15.4. The molecule has 0 aliphatic rings. The summed E-state index contributed by atoms with van der Waals surface area (Å²) in [7, 11) is 0. The Kier molecular flexibility index (Phi) is 4.83. The smallest absolute Gasteiger partial charge is 0.127 e. The number of halogens is 1. The Morgan fingerprint density at radius 2 is 1.82 bits per heavy atom. The number of benzene rings is 2. The fraction of sp³-hybridized carbons (Fsp3) is 0.222. The van der Waals surface area contributed by atoms with Crippen molar-refractivity contribution in [3.63, 3.8) is 0 Å². The van der Waals surface area contributed by atoms with Crippen molar-refractivity contribution in [2.75, 3.05) is 6.54 Å². The monoisotopic (exact) mass is 314 g/mol. The first-order valence-corrected chi connectivity index (χ1v) is 8.28. The summed E-state index contributed by atoms with van der Waals surface area (Å²) in [4.78, 5) is 0. The molecule has 0 radical (unpaired) electrons. The summed E-state index contributed by atoms with van der Waals surface area (Å²) < 4.78 is 15.0. The van der Waals surface area contributed by atoms with E-state index in [1.807, 2.05) is 6.07 Å². The van der Waals surface area contributed by atoms with Gasteiger partial charge in [-0.25, -0.2) is 4.39 Å². The van der Waals surface area contributed by atoms with Gasteiger partial charge in [-0.3, -0.25) is 0 Å². The molecule has 0 aliphatic carbocycles. The normalized spacial score (nSPS) is 12.6. The van der Waals surface area contributed by atoms with Crippen LogP contribution in [0.25, 0.3) is 10.1 Å². The Labute approximate surface area is 133 Å². The van der Waals surface area contributed by atoms with Gasteiger partial charge in [-0.05, 0) is 34.9 Å². The summed E-state index contributed by atoms with van der Waals surface area (Å²) in [6.45, 7) is 1.02. The number of hydrogen-bond acceptors (Lipinski definition) is 3. The Morgan fingerprint density at radius 3 is 2.64 bits per heavy atom. The number of hydrogen-bond donors (Lipinski definition) is 2. The van der Waals surface area contributed by atoms with Crippen LogP contribution in [0.5, 0.6) is 0 Å². The molecular weight excluding hydrogens is 295 g/mol. The van der Waals surface area contributed by atoms with Crippen LogP contribution in [0.1, 0.15) is 11.1 Å². The van der Waals surface area contributed by atoms with Gasteiger partial charge in [-0.1, -0.05) is 36.4 Å². The highest BCUT2D eigenvalue weighted by Gasteiger charge is 2.12. The molecule has 4 heteroatoms. The fourth-order valence-electron chi connectivity index (χ4n) is 2.59. The Bertz CT molecular complexity index is 753. The Hall–Kier alpha value is -1.75. The average Bonchev–Trinajstić information content (AvgIpc) is 2.96. The molecule has 2 nitrogen and oxygen atoms in total. The summed E-state index contributed by atoms with van der Waals surface area (Å²) in [6, 6.07) is 15.4. The average molecular weight is 314 g/mol. The van der Waals surface area contributed by atoms with Crippen LogP contribution < -0.4 is 11.1 Å². The zero-order valence-electron chi connectivity index (χ0n) is 12.3. The van der Waals surface area contributed by atoms with Crippen LogP contribution in [-0.4, -0.2) is 12.6 Å². The van der Waals surface area contributed by atoms with Gasteiger partial charge in [-0.15, -0.1) is 11.3 Å². The number of thiophene rings is 1. The van der Waals surface area contributed by atoms with Gasteiger partial charge >= 0.3 is 0 Å². The minimum atomic E-state index is -0.174. The third-order valence-corrected chi connectivity index (χ3v) is 4.86. The second kappa shape index (κ2) is 7.01. The molecule has 0 saturated heterocycles. The Morgan fingerprint density at radius 1 is 1.05 bits per heavy atom.